The van der Waals surface area contributed by atoms with E-state index in [4.69, 9.17) is 5.26 Å². The fourth-order valence-corrected chi connectivity index (χ4v) is 1.22. The molecule has 1 rings (SSSR count). The standard InChI is InChI=1S/C11H9F5N2/c12-9-2-1-7(3-8(9)4-17)5-18-6-11(15,16)10(13)14/h1-3,10,18H,5-6H2. The van der Waals surface area contributed by atoms with Crippen molar-refractivity contribution >= 4 is 0 Å². The van der Waals surface area contributed by atoms with E-state index in [1.165, 1.54) is 12.1 Å². The van der Waals surface area contributed by atoms with Crippen LogP contribution in [0.15, 0.2) is 18.2 Å². The summed E-state index contributed by atoms with van der Waals surface area (Å²) in [5, 5.41) is 10.7. The highest BCUT2D eigenvalue weighted by Crippen LogP contribution is 2.21. The van der Waals surface area contributed by atoms with Crippen LogP contribution in [-0.2, 0) is 6.54 Å². The van der Waals surface area contributed by atoms with Crippen LogP contribution in [0.2, 0.25) is 0 Å². The zero-order chi connectivity index (χ0) is 13.8. The molecule has 7 heteroatoms. The fourth-order valence-electron chi connectivity index (χ4n) is 1.22. The molecule has 0 aromatic heterocycles. The Morgan fingerprint density at radius 3 is 2.56 bits per heavy atom. The summed E-state index contributed by atoms with van der Waals surface area (Å²) in [5.41, 5.74) is 0.132. The van der Waals surface area contributed by atoms with Crippen molar-refractivity contribution in [2.75, 3.05) is 6.54 Å². The predicted octanol–water partition coefficient (Wildman–Crippen LogP) is 2.69. The van der Waals surface area contributed by atoms with Gasteiger partial charge in [0, 0.05) is 6.54 Å². The molecule has 0 saturated carbocycles. The number of nitrogens with zero attached hydrogens (tertiary/aromatic N) is 1. The van der Waals surface area contributed by atoms with Crippen molar-refractivity contribution in [3.05, 3.63) is 35.1 Å². The minimum atomic E-state index is -4.11. The number of benzene rings is 1. The summed E-state index contributed by atoms with van der Waals surface area (Å²) < 4.78 is 61.6. The molecule has 0 fully saturated rings. The second-order valence-electron chi connectivity index (χ2n) is 3.59. The molecule has 98 valence electrons. The van der Waals surface area contributed by atoms with E-state index in [-0.39, 0.29) is 12.1 Å². The molecule has 0 amide bonds. The molecule has 0 spiro atoms. The normalized spacial score (nSPS) is 11.6. The van der Waals surface area contributed by atoms with Crippen LogP contribution in [0.3, 0.4) is 0 Å². The predicted molar refractivity (Wildman–Crippen MR) is 53.8 cm³/mol. The first kappa shape index (κ1) is 14.4. The maximum atomic E-state index is 12.9. The number of halogens is 5. The first-order valence-corrected chi connectivity index (χ1v) is 4.92. The van der Waals surface area contributed by atoms with Crippen LogP contribution in [0.25, 0.3) is 0 Å². The van der Waals surface area contributed by atoms with Gasteiger partial charge in [0.05, 0.1) is 12.1 Å². The average Bonchev–Trinajstić information content (AvgIpc) is 2.31. The van der Waals surface area contributed by atoms with E-state index in [1.54, 1.807) is 6.07 Å². The molecule has 0 atom stereocenters. The fraction of sp³-hybridized carbons (Fsp3) is 0.364. The first-order valence-electron chi connectivity index (χ1n) is 4.92. The second-order valence-corrected chi connectivity index (χ2v) is 3.59. The summed E-state index contributed by atoms with van der Waals surface area (Å²) in [4.78, 5) is 0. The molecule has 0 unspecified atom stereocenters. The zero-order valence-electron chi connectivity index (χ0n) is 9.06. The third kappa shape index (κ3) is 3.67. The lowest BCUT2D eigenvalue weighted by atomic mass is 10.1. The Kier molecular flexibility index (Phi) is 4.62. The second kappa shape index (κ2) is 5.78. The van der Waals surface area contributed by atoms with Crippen LogP contribution in [0.5, 0.6) is 0 Å². The van der Waals surface area contributed by atoms with Gasteiger partial charge in [-0.3, -0.25) is 0 Å². The van der Waals surface area contributed by atoms with Gasteiger partial charge in [0.25, 0.3) is 0 Å². The van der Waals surface area contributed by atoms with Gasteiger partial charge < -0.3 is 5.32 Å². The Labute approximate surface area is 100 Å². The maximum absolute atomic E-state index is 12.9. The van der Waals surface area contributed by atoms with Crippen LogP contribution in [-0.4, -0.2) is 18.9 Å². The van der Waals surface area contributed by atoms with Gasteiger partial charge in [-0.15, -0.1) is 0 Å². The molecular formula is C11H9F5N2. The number of nitrogens with one attached hydrogen (secondary N) is 1. The molecule has 0 aliphatic heterocycles. The Hall–Kier alpha value is -1.68. The number of alkyl halides is 4. The number of rotatable bonds is 5. The van der Waals surface area contributed by atoms with Gasteiger partial charge in [-0.25, -0.2) is 13.2 Å². The molecule has 1 N–H and O–H groups in total. The van der Waals surface area contributed by atoms with Crippen molar-refractivity contribution < 1.29 is 22.0 Å². The van der Waals surface area contributed by atoms with Gasteiger partial charge in [0.1, 0.15) is 11.9 Å². The summed E-state index contributed by atoms with van der Waals surface area (Å²) in [6, 6.07) is 5.06. The molecule has 18 heavy (non-hydrogen) atoms. The van der Waals surface area contributed by atoms with E-state index in [1.807, 2.05) is 0 Å². The number of hydrogen-bond acceptors (Lipinski definition) is 2. The summed E-state index contributed by atoms with van der Waals surface area (Å²) in [6.45, 7) is -1.35. The third-order valence-electron chi connectivity index (χ3n) is 2.16. The van der Waals surface area contributed by atoms with Gasteiger partial charge in [-0.1, -0.05) is 6.07 Å². The van der Waals surface area contributed by atoms with E-state index in [0.29, 0.717) is 5.56 Å². The first-order chi connectivity index (χ1) is 8.36. The maximum Gasteiger partial charge on any atom is 0.319 e. The van der Waals surface area contributed by atoms with Crippen molar-refractivity contribution in [1.82, 2.24) is 5.32 Å². The van der Waals surface area contributed by atoms with Crippen LogP contribution >= 0.6 is 0 Å². The van der Waals surface area contributed by atoms with Gasteiger partial charge in [-0.05, 0) is 17.7 Å². The summed E-state index contributed by atoms with van der Waals surface area (Å²) >= 11 is 0. The quantitative estimate of drug-likeness (QED) is 0.830. The number of nitriles is 1. The third-order valence-corrected chi connectivity index (χ3v) is 2.16. The Morgan fingerprint density at radius 2 is 2.00 bits per heavy atom. The van der Waals surface area contributed by atoms with Crippen LogP contribution < -0.4 is 5.32 Å². The Balaban J connectivity index is 2.58. The summed E-state index contributed by atoms with van der Waals surface area (Å²) in [5.74, 6) is -4.84. The van der Waals surface area contributed by atoms with E-state index >= 15 is 0 Å². The lowest BCUT2D eigenvalue weighted by Crippen LogP contribution is -2.38. The van der Waals surface area contributed by atoms with Crippen molar-refractivity contribution in [1.29, 1.82) is 5.26 Å². The average molecular weight is 264 g/mol. The largest absolute Gasteiger partial charge is 0.319 e. The molecule has 0 bridgehead atoms. The molecule has 0 aliphatic rings. The molecule has 1 aromatic rings. The Morgan fingerprint density at radius 1 is 1.33 bits per heavy atom. The molecule has 0 heterocycles. The highest BCUT2D eigenvalue weighted by atomic mass is 19.3. The van der Waals surface area contributed by atoms with Crippen molar-refractivity contribution in [2.24, 2.45) is 0 Å². The van der Waals surface area contributed by atoms with Crippen LogP contribution in [0, 0.1) is 17.1 Å². The zero-order valence-corrected chi connectivity index (χ0v) is 9.06. The van der Waals surface area contributed by atoms with Crippen molar-refractivity contribution in [3.8, 4) is 6.07 Å². The van der Waals surface area contributed by atoms with E-state index in [2.05, 4.69) is 5.32 Å². The molecule has 1 aromatic carbocycles. The monoisotopic (exact) mass is 264 g/mol. The molecular weight excluding hydrogens is 255 g/mol. The molecule has 0 aliphatic carbocycles. The topological polar surface area (TPSA) is 35.8 Å². The Bertz CT molecular complexity index is 453. The minimum Gasteiger partial charge on any atom is -0.307 e. The molecule has 0 saturated heterocycles. The lowest BCUT2D eigenvalue weighted by molar-refractivity contribution is -0.125. The summed E-state index contributed by atoms with van der Waals surface area (Å²) in [7, 11) is 0. The smallest absolute Gasteiger partial charge is 0.307 e. The van der Waals surface area contributed by atoms with Gasteiger partial charge in [0.15, 0.2) is 0 Å². The number of hydrogen-bond donors (Lipinski definition) is 1. The van der Waals surface area contributed by atoms with Crippen LogP contribution in [0.1, 0.15) is 11.1 Å². The lowest BCUT2D eigenvalue weighted by Gasteiger charge is -2.15. The molecule has 2 nitrogen and oxygen atoms in total. The molecule has 0 radical (unpaired) electrons. The highest BCUT2D eigenvalue weighted by Gasteiger charge is 2.39. The van der Waals surface area contributed by atoms with E-state index in [9.17, 15) is 22.0 Å². The van der Waals surface area contributed by atoms with Gasteiger partial charge >= 0.3 is 12.3 Å². The minimum absolute atomic E-state index is 0.155. The SMILES string of the molecule is N#Cc1cc(CNCC(F)(F)C(F)F)ccc1F. The van der Waals surface area contributed by atoms with Crippen molar-refractivity contribution in [2.45, 2.75) is 18.9 Å². The van der Waals surface area contributed by atoms with Crippen molar-refractivity contribution in [3.63, 3.8) is 0 Å². The van der Waals surface area contributed by atoms with Gasteiger partial charge in [-0.2, -0.15) is 14.0 Å². The van der Waals surface area contributed by atoms with E-state index < -0.39 is 24.7 Å². The summed E-state index contributed by atoms with van der Waals surface area (Å²) in [6.07, 6.45) is -3.74. The highest BCUT2D eigenvalue weighted by molar-refractivity contribution is 5.34. The van der Waals surface area contributed by atoms with E-state index in [0.717, 1.165) is 6.07 Å². The van der Waals surface area contributed by atoms with Gasteiger partial charge in [0.2, 0.25) is 0 Å². The van der Waals surface area contributed by atoms with Crippen LogP contribution in [0.4, 0.5) is 22.0 Å².